The summed E-state index contributed by atoms with van der Waals surface area (Å²) in [7, 11) is 1.50. The number of carbonyl (C=O) groups is 1. The molecule has 0 bridgehead atoms. The van der Waals surface area contributed by atoms with Crippen molar-refractivity contribution in [1.82, 2.24) is 5.32 Å². The summed E-state index contributed by atoms with van der Waals surface area (Å²) in [6.45, 7) is 4.12. The van der Waals surface area contributed by atoms with Gasteiger partial charge < -0.3 is 9.84 Å². The van der Waals surface area contributed by atoms with Gasteiger partial charge in [-0.1, -0.05) is 24.3 Å². The van der Waals surface area contributed by atoms with Crippen molar-refractivity contribution in [2.75, 3.05) is 13.7 Å². The van der Waals surface area contributed by atoms with Crippen LogP contribution in [0.1, 0.15) is 24.1 Å². The highest BCUT2D eigenvalue weighted by Crippen LogP contribution is 2.17. The van der Waals surface area contributed by atoms with E-state index in [0.717, 1.165) is 11.1 Å². The van der Waals surface area contributed by atoms with E-state index in [0.29, 0.717) is 0 Å². The summed E-state index contributed by atoms with van der Waals surface area (Å²) in [5.41, 5.74) is 2.25. The predicted molar refractivity (Wildman–Crippen MR) is 66.0 cm³/mol. The highest BCUT2D eigenvalue weighted by molar-refractivity contribution is 5.73. The Morgan fingerprint density at radius 1 is 1.47 bits per heavy atom. The second-order valence-electron chi connectivity index (χ2n) is 4.09. The van der Waals surface area contributed by atoms with Crippen LogP contribution in [0.25, 0.3) is 0 Å². The molecule has 17 heavy (non-hydrogen) atoms. The van der Waals surface area contributed by atoms with Gasteiger partial charge in [0.2, 0.25) is 0 Å². The Hall–Kier alpha value is -1.39. The summed E-state index contributed by atoms with van der Waals surface area (Å²) < 4.78 is 4.89. The normalized spacial score (nSPS) is 14.3. The molecule has 0 radical (unpaired) electrons. The highest BCUT2D eigenvalue weighted by atomic mass is 16.5. The van der Waals surface area contributed by atoms with Crippen molar-refractivity contribution in [2.24, 2.45) is 0 Å². The van der Waals surface area contributed by atoms with Crippen molar-refractivity contribution in [3.05, 3.63) is 35.4 Å². The van der Waals surface area contributed by atoms with Gasteiger partial charge in [0.25, 0.3) is 0 Å². The van der Waals surface area contributed by atoms with Crippen molar-refractivity contribution >= 4 is 5.97 Å². The van der Waals surface area contributed by atoms with Crippen molar-refractivity contribution in [3.63, 3.8) is 0 Å². The SMILES string of the molecule is COCC(N[C@H](C)c1ccccc1C)C(=O)O. The summed E-state index contributed by atoms with van der Waals surface area (Å²) in [6.07, 6.45) is 0. The standard InChI is InChI=1S/C13H19NO3/c1-9-6-4-5-7-11(9)10(2)14-12(8-17-3)13(15)16/h4-7,10,12,14H,8H2,1-3H3,(H,15,16)/t10-,12?/m1/s1. The van der Waals surface area contributed by atoms with Crippen molar-refractivity contribution in [3.8, 4) is 0 Å². The fourth-order valence-electron chi connectivity index (χ4n) is 1.82. The first-order valence-electron chi connectivity index (χ1n) is 5.59. The topological polar surface area (TPSA) is 58.6 Å². The molecule has 2 atom stereocenters. The summed E-state index contributed by atoms with van der Waals surface area (Å²) >= 11 is 0. The molecule has 0 spiro atoms. The third kappa shape index (κ3) is 3.84. The number of methoxy groups -OCH3 is 1. The monoisotopic (exact) mass is 237 g/mol. The van der Waals surface area contributed by atoms with Crippen LogP contribution in [-0.2, 0) is 9.53 Å². The predicted octanol–water partition coefficient (Wildman–Crippen LogP) is 1.75. The second-order valence-corrected chi connectivity index (χ2v) is 4.09. The molecule has 0 heterocycles. The van der Waals surface area contributed by atoms with Crippen LogP contribution in [0.15, 0.2) is 24.3 Å². The number of hydrogen-bond donors (Lipinski definition) is 2. The van der Waals surface area contributed by atoms with E-state index in [1.54, 1.807) is 0 Å². The molecule has 0 saturated heterocycles. The van der Waals surface area contributed by atoms with Crippen LogP contribution in [0.4, 0.5) is 0 Å². The van der Waals surface area contributed by atoms with Gasteiger partial charge in [-0.3, -0.25) is 10.1 Å². The van der Waals surface area contributed by atoms with Gasteiger partial charge >= 0.3 is 5.97 Å². The van der Waals surface area contributed by atoms with Crippen molar-refractivity contribution in [1.29, 1.82) is 0 Å². The molecule has 1 aromatic carbocycles. The fourth-order valence-corrected chi connectivity index (χ4v) is 1.82. The fraction of sp³-hybridized carbons (Fsp3) is 0.462. The smallest absolute Gasteiger partial charge is 0.323 e. The summed E-state index contributed by atoms with van der Waals surface area (Å²) in [6, 6.07) is 7.22. The minimum atomic E-state index is -0.896. The number of rotatable bonds is 6. The molecular formula is C13H19NO3. The lowest BCUT2D eigenvalue weighted by atomic mass is 10.0. The van der Waals surface area contributed by atoms with Crippen LogP contribution in [0.5, 0.6) is 0 Å². The minimum absolute atomic E-state index is 0.0209. The molecule has 1 unspecified atom stereocenters. The molecule has 0 amide bonds. The van der Waals surface area contributed by atoms with E-state index in [-0.39, 0.29) is 12.6 Å². The molecule has 1 rings (SSSR count). The van der Waals surface area contributed by atoms with E-state index in [2.05, 4.69) is 5.32 Å². The maximum absolute atomic E-state index is 11.0. The Morgan fingerprint density at radius 3 is 2.65 bits per heavy atom. The Kier molecular flexibility index (Phi) is 5.12. The summed E-state index contributed by atoms with van der Waals surface area (Å²) in [5.74, 6) is -0.896. The number of aliphatic carboxylic acids is 1. The van der Waals surface area contributed by atoms with Crippen LogP contribution in [0, 0.1) is 6.92 Å². The molecule has 0 aliphatic carbocycles. The van der Waals surface area contributed by atoms with E-state index in [4.69, 9.17) is 9.84 Å². The molecule has 94 valence electrons. The molecule has 2 N–H and O–H groups in total. The van der Waals surface area contributed by atoms with Gasteiger partial charge in [-0.05, 0) is 25.0 Å². The number of carboxylic acid groups (broad SMARTS) is 1. The van der Waals surface area contributed by atoms with Crippen LogP contribution >= 0.6 is 0 Å². The molecular weight excluding hydrogens is 218 g/mol. The zero-order valence-electron chi connectivity index (χ0n) is 10.4. The number of nitrogens with one attached hydrogen (secondary N) is 1. The molecule has 0 aliphatic heterocycles. The van der Waals surface area contributed by atoms with Crippen LogP contribution in [-0.4, -0.2) is 30.8 Å². The van der Waals surface area contributed by atoms with Crippen LogP contribution in [0.3, 0.4) is 0 Å². The van der Waals surface area contributed by atoms with E-state index < -0.39 is 12.0 Å². The first kappa shape index (κ1) is 13.7. The number of ether oxygens (including phenoxy) is 1. The second kappa shape index (κ2) is 6.37. The lowest BCUT2D eigenvalue weighted by Gasteiger charge is -2.21. The molecule has 0 aliphatic rings. The van der Waals surface area contributed by atoms with Gasteiger partial charge in [0.15, 0.2) is 0 Å². The van der Waals surface area contributed by atoms with Crippen LogP contribution in [0.2, 0.25) is 0 Å². The largest absolute Gasteiger partial charge is 0.480 e. The van der Waals surface area contributed by atoms with Gasteiger partial charge in [-0.2, -0.15) is 0 Å². The molecule has 4 nitrogen and oxygen atoms in total. The molecule has 0 saturated carbocycles. The molecule has 0 fully saturated rings. The zero-order valence-corrected chi connectivity index (χ0v) is 10.4. The van der Waals surface area contributed by atoms with Crippen molar-refractivity contribution < 1.29 is 14.6 Å². The zero-order chi connectivity index (χ0) is 12.8. The average molecular weight is 237 g/mol. The Morgan fingerprint density at radius 2 is 2.12 bits per heavy atom. The quantitative estimate of drug-likeness (QED) is 0.791. The molecule has 0 aromatic heterocycles. The van der Waals surface area contributed by atoms with Crippen LogP contribution < -0.4 is 5.32 Å². The number of hydrogen-bond acceptors (Lipinski definition) is 3. The number of aryl methyl sites for hydroxylation is 1. The summed E-state index contributed by atoms with van der Waals surface area (Å²) in [4.78, 5) is 11.0. The highest BCUT2D eigenvalue weighted by Gasteiger charge is 2.20. The lowest BCUT2D eigenvalue weighted by molar-refractivity contribution is -0.141. The van der Waals surface area contributed by atoms with Gasteiger partial charge in [0.05, 0.1) is 6.61 Å². The summed E-state index contributed by atoms with van der Waals surface area (Å²) in [5, 5.41) is 12.1. The van der Waals surface area contributed by atoms with Crippen molar-refractivity contribution in [2.45, 2.75) is 25.9 Å². The number of carboxylic acids is 1. The minimum Gasteiger partial charge on any atom is -0.480 e. The third-order valence-electron chi connectivity index (χ3n) is 2.74. The Balaban J connectivity index is 2.73. The van der Waals surface area contributed by atoms with Gasteiger partial charge in [-0.25, -0.2) is 0 Å². The molecule has 4 heteroatoms. The maximum atomic E-state index is 11.0. The molecule has 1 aromatic rings. The van der Waals surface area contributed by atoms with E-state index >= 15 is 0 Å². The lowest BCUT2D eigenvalue weighted by Crippen LogP contribution is -2.41. The third-order valence-corrected chi connectivity index (χ3v) is 2.74. The van der Waals surface area contributed by atoms with E-state index in [9.17, 15) is 4.79 Å². The van der Waals surface area contributed by atoms with E-state index in [1.807, 2.05) is 38.1 Å². The van der Waals surface area contributed by atoms with Gasteiger partial charge in [0, 0.05) is 13.2 Å². The number of benzene rings is 1. The van der Waals surface area contributed by atoms with E-state index in [1.165, 1.54) is 7.11 Å². The Bertz CT molecular complexity index is 379. The first-order chi connectivity index (χ1) is 8.06. The van der Waals surface area contributed by atoms with Gasteiger partial charge in [-0.15, -0.1) is 0 Å². The van der Waals surface area contributed by atoms with Gasteiger partial charge in [0.1, 0.15) is 6.04 Å². The first-order valence-corrected chi connectivity index (χ1v) is 5.59. The average Bonchev–Trinajstić information content (AvgIpc) is 2.28. The Labute approximate surface area is 102 Å². The maximum Gasteiger partial charge on any atom is 0.323 e.